The molecule has 0 atom stereocenters. The van der Waals surface area contributed by atoms with Gasteiger partial charge in [-0.05, 0) is 68.0 Å². The van der Waals surface area contributed by atoms with Gasteiger partial charge in [-0.2, -0.15) is 0 Å². The van der Waals surface area contributed by atoms with E-state index in [0.717, 1.165) is 16.6 Å². The molecule has 25 heavy (non-hydrogen) atoms. The Hall–Kier alpha value is -2.99. The fourth-order valence-corrected chi connectivity index (χ4v) is 2.72. The highest BCUT2D eigenvalue weighted by molar-refractivity contribution is 7.80. The average molecular weight is 352 g/mol. The van der Waals surface area contributed by atoms with Gasteiger partial charge in [-0.25, -0.2) is 4.79 Å². The van der Waals surface area contributed by atoms with Crippen molar-refractivity contribution >= 4 is 45.5 Å². The number of fused-ring (bicyclic) bond motifs is 1. The number of rotatable bonds is 3. The molecule has 1 heterocycles. The van der Waals surface area contributed by atoms with Gasteiger partial charge in [0.15, 0.2) is 10.9 Å². The lowest BCUT2D eigenvalue weighted by molar-refractivity contribution is 0.101. The van der Waals surface area contributed by atoms with E-state index in [2.05, 4.69) is 10.6 Å². The van der Waals surface area contributed by atoms with Crippen LogP contribution >= 0.6 is 12.2 Å². The van der Waals surface area contributed by atoms with Gasteiger partial charge in [-0.3, -0.25) is 4.79 Å². The van der Waals surface area contributed by atoms with Crippen molar-refractivity contribution in [1.29, 1.82) is 0 Å². The molecule has 5 nitrogen and oxygen atoms in total. The van der Waals surface area contributed by atoms with E-state index in [1.807, 2.05) is 19.1 Å². The quantitative estimate of drug-likeness (QED) is 0.420. The summed E-state index contributed by atoms with van der Waals surface area (Å²) in [5, 5.41) is 7.37. The smallest absolute Gasteiger partial charge is 0.336 e. The Bertz CT molecular complexity index is 1020. The molecule has 0 saturated carbocycles. The molecule has 3 rings (SSSR count). The van der Waals surface area contributed by atoms with Crippen LogP contribution < -0.4 is 16.3 Å². The van der Waals surface area contributed by atoms with Crippen molar-refractivity contribution in [2.75, 3.05) is 10.6 Å². The van der Waals surface area contributed by atoms with Crippen LogP contribution in [0.1, 0.15) is 22.8 Å². The Morgan fingerprint density at radius 2 is 1.64 bits per heavy atom. The molecule has 0 aliphatic rings. The minimum atomic E-state index is -0.381. The van der Waals surface area contributed by atoms with Crippen molar-refractivity contribution in [3.8, 4) is 0 Å². The first-order valence-corrected chi connectivity index (χ1v) is 8.07. The highest BCUT2D eigenvalue weighted by Gasteiger charge is 2.05. The van der Waals surface area contributed by atoms with Gasteiger partial charge in [-0.15, -0.1) is 0 Å². The molecule has 2 aromatic carbocycles. The van der Waals surface area contributed by atoms with E-state index >= 15 is 0 Å². The standard InChI is InChI=1S/C19H16N2O3S/c1-11-9-18(23)24-17-10-15(7-8-16(11)17)21-19(25)20-14-5-3-13(4-6-14)12(2)22/h3-10H,1-2H3,(H2,20,21,25). The number of thiocarbonyl (C=S) groups is 1. The zero-order valence-electron chi connectivity index (χ0n) is 13.8. The molecule has 0 radical (unpaired) electrons. The van der Waals surface area contributed by atoms with E-state index in [4.69, 9.17) is 16.6 Å². The number of carbonyl (C=O) groups is 1. The lowest BCUT2D eigenvalue weighted by Gasteiger charge is -2.11. The SMILES string of the molecule is CC(=O)c1ccc(NC(=S)Nc2ccc3c(C)cc(=O)oc3c2)cc1. The van der Waals surface area contributed by atoms with E-state index in [1.165, 1.54) is 13.0 Å². The first kappa shape index (κ1) is 16.9. The molecule has 0 unspecified atom stereocenters. The minimum absolute atomic E-state index is 0.0141. The highest BCUT2D eigenvalue weighted by atomic mass is 32.1. The monoisotopic (exact) mass is 352 g/mol. The summed E-state index contributed by atoms with van der Waals surface area (Å²) < 4.78 is 5.23. The van der Waals surface area contributed by atoms with Crippen LogP contribution in [0, 0.1) is 6.92 Å². The first-order chi connectivity index (χ1) is 11.9. The number of anilines is 2. The van der Waals surface area contributed by atoms with Gasteiger partial charge >= 0.3 is 5.63 Å². The fraction of sp³-hybridized carbons (Fsp3) is 0.105. The maximum atomic E-state index is 11.5. The maximum absolute atomic E-state index is 11.5. The predicted molar refractivity (Wildman–Crippen MR) is 104 cm³/mol. The van der Waals surface area contributed by atoms with Crippen molar-refractivity contribution in [2.45, 2.75) is 13.8 Å². The van der Waals surface area contributed by atoms with Gasteiger partial charge in [0.1, 0.15) is 5.58 Å². The second-order valence-electron chi connectivity index (χ2n) is 5.67. The van der Waals surface area contributed by atoms with Crippen LogP contribution in [0.4, 0.5) is 11.4 Å². The Labute approximate surface area is 149 Å². The predicted octanol–water partition coefficient (Wildman–Crippen LogP) is 4.11. The summed E-state index contributed by atoms with van der Waals surface area (Å²) in [6, 6.07) is 14.0. The summed E-state index contributed by atoms with van der Waals surface area (Å²) in [5.74, 6) is 0.0141. The van der Waals surface area contributed by atoms with E-state index in [-0.39, 0.29) is 11.4 Å². The largest absolute Gasteiger partial charge is 0.423 e. The summed E-state index contributed by atoms with van der Waals surface area (Å²) in [7, 11) is 0. The second-order valence-corrected chi connectivity index (χ2v) is 6.08. The third-order valence-electron chi connectivity index (χ3n) is 3.76. The molecular weight excluding hydrogens is 336 g/mol. The van der Waals surface area contributed by atoms with Crippen LogP contribution in [0.2, 0.25) is 0 Å². The van der Waals surface area contributed by atoms with Crippen molar-refractivity contribution in [2.24, 2.45) is 0 Å². The van der Waals surface area contributed by atoms with Crippen LogP contribution in [-0.4, -0.2) is 10.9 Å². The Morgan fingerprint density at radius 1 is 1.00 bits per heavy atom. The van der Waals surface area contributed by atoms with Gasteiger partial charge in [0.25, 0.3) is 0 Å². The van der Waals surface area contributed by atoms with Crippen molar-refractivity contribution in [1.82, 2.24) is 0 Å². The molecule has 0 aliphatic heterocycles. The van der Waals surface area contributed by atoms with Crippen LogP contribution in [0.3, 0.4) is 0 Å². The normalized spacial score (nSPS) is 10.5. The number of ketones is 1. The van der Waals surface area contributed by atoms with Crippen LogP contribution in [0.25, 0.3) is 11.0 Å². The third kappa shape index (κ3) is 3.92. The first-order valence-electron chi connectivity index (χ1n) is 7.66. The molecular formula is C19H16N2O3S. The molecule has 6 heteroatoms. The lowest BCUT2D eigenvalue weighted by atomic mass is 10.1. The Morgan fingerprint density at radius 3 is 2.32 bits per heavy atom. The molecule has 0 aliphatic carbocycles. The van der Waals surface area contributed by atoms with E-state index in [1.54, 1.807) is 30.3 Å². The van der Waals surface area contributed by atoms with Crippen molar-refractivity contribution < 1.29 is 9.21 Å². The number of carbonyl (C=O) groups excluding carboxylic acids is 1. The topological polar surface area (TPSA) is 71.3 Å². The fourth-order valence-electron chi connectivity index (χ4n) is 2.48. The van der Waals surface area contributed by atoms with E-state index < -0.39 is 0 Å². The maximum Gasteiger partial charge on any atom is 0.336 e. The number of benzene rings is 2. The molecule has 126 valence electrons. The molecule has 3 aromatic rings. The Kier molecular flexibility index (Phi) is 4.63. The van der Waals surface area contributed by atoms with Crippen molar-refractivity contribution in [3.63, 3.8) is 0 Å². The van der Waals surface area contributed by atoms with Gasteiger partial charge in [0, 0.05) is 34.5 Å². The molecule has 0 amide bonds. The van der Waals surface area contributed by atoms with E-state index in [9.17, 15) is 9.59 Å². The molecule has 0 spiro atoms. The summed E-state index contributed by atoms with van der Waals surface area (Å²) in [5.41, 5.74) is 3.11. The summed E-state index contributed by atoms with van der Waals surface area (Å²) >= 11 is 5.30. The summed E-state index contributed by atoms with van der Waals surface area (Å²) in [6.45, 7) is 3.39. The average Bonchev–Trinajstić information content (AvgIpc) is 2.54. The minimum Gasteiger partial charge on any atom is -0.423 e. The molecule has 0 bridgehead atoms. The van der Waals surface area contributed by atoms with Gasteiger partial charge in [0.2, 0.25) is 0 Å². The number of hydrogen-bond acceptors (Lipinski definition) is 4. The summed E-state index contributed by atoms with van der Waals surface area (Å²) in [4.78, 5) is 22.8. The number of hydrogen-bond donors (Lipinski definition) is 2. The molecule has 1 aromatic heterocycles. The molecule has 0 fully saturated rings. The van der Waals surface area contributed by atoms with Gasteiger partial charge in [0.05, 0.1) is 0 Å². The van der Waals surface area contributed by atoms with Crippen molar-refractivity contribution in [3.05, 3.63) is 70.1 Å². The second kappa shape index (κ2) is 6.86. The van der Waals surface area contributed by atoms with Crippen LogP contribution in [0.15, 0.2) is 57.7 Å². The van der Waals surface area contributed by atoms with Crippen LogP contribution in [-0.2, 0) is 0 Å². The lowest BCUT2D eigenvalue weighted by Crippen LogP contribution is -2.19. The highest BCUT2D eigenvalue weighted by Crippen LogP contribution is 2.21. The van der Waals surface area contributed by atoms with Gasteiger partial charge < -0.3 is 15.1 Å². The number of aryl methyl sites for hydroxylation is 1. The molecule has 2 N–H and O–H groups in total. The summed E-state index contributed by atoms with van der Waals surface area (Å²) in [6.07, 6.45) is 0. The zero-order chi connectivity index (χ0) is 18.0. The van der Waals surface area contributed by atoms with Gasteiger partial charge in [-0.1, -0.05) is 0 Å². The third-order valence-corrected chi connectivity index (χ3v) is 3.96. The zero-order valence-corrected chi connectivity index (χ0v) is 14.6. The van der Waals surface area contributed by atoms with Crippen LogP contribution in [0.5, 0.6) is 0 Å². The van der Waals surface area contributed by atoms with E-state index in [0.29, 0.717) is 21.9 Å². The molecule has 0 saturated heterocycles. The Balaban J connectivity index is 1.75. The number of Topliss-reactive ketones (excluding diaryl/α,β-unsaturated/α-hetero) is 1. The number of nitrogens with one attached hydrogen (secondary N) is 2.